The molecule has 7 nitrogen and oxygen atoms in total. The van der Waals surface area contributed by atoms with Gasteiger partial charge in [-0.2, -0.15) is 4.98 Å². The van der Waals surface area contributed by atoms with Crippen LogP contribution >= 0.6 is 0 Å². The van der Waals surface area contributed by atoms with Gasteiger partial charge in [0.05, 0.1) is 0 Å². The van der Waals surface area contributed by atoms with Crippen LogP contribution in [0.15, 0.2) is 0 Å². The third-order valence-corrected chi connectivity index (χ3v) is 4.05. The number of aromatic amines is 1. The van der Waals surface area contributed by atoms with Crippen LogP contribution in [0.5, 0.6) is 0 Å². The van der Waals surface area contributed by atoms with Gasteiger partial charge in [0.15, 0.2) is 0 Å². The molecule has 1 amide bonds. The molecule has 1 unspecified atom stereocenters. The van der Waals surface area contributed by atoms with Crippen molar-refractivity contribution in [1.82, 2.24) is 25.0 Å². The lowest BCUT2D eigenvalue weighted by Gasteiger charge is -2.37. The van der Waals surface area contributed by atoms with Gasteiger partial charge in [0.2, 0.25) is 11.8 Å². The molecule has 2 saturated heterocycles. The molecule has 0 spiro atoms. The zero-order valence-corrected chi connectivity index (χ0v) is 11.0. The van der Waals surface area contributed by atoms with Gasteiger partial charge in [-0.05, 0) is 38.8 Å². The third kappa shape index (κ3) is 2.56. The summed E-state index contributed by atoms with van der Waals surface area (Å²) in [5.41, 5.74) is 5.44. The van der Waals surface area contributed by atoms with E-state index in [4.69, 9.17) is 5.73 Å². The first-order chi connectivity index (χ1) is 9.24. The second-order valence-electron chi connectivity index (χ2n) is 5.33. The highest BCUT2D eigenvalue weighted by Crippen LogP contribution is 2.21. The molecular weight excluding hydrogens is 244 g/mol. The number of nitrogens with two attached hydrogens (primary N) is 1. The highest BCUT2D eigenvalue weighted by atomic mass is 16.2. The lowest BCUT2D eigenvalue weighted by Crippen LogP contribution is -2.49. The van der Waals surface area contributed by atoms with E-state index in [1.165, 1.54) is 32.4 Å². The molecule has 3 heterocycles. The van der Waals surface area contributed by atoms with Gasteiger partial charge < -0.3 is 10.6 Å². The molecule has 2 aliphatic heterocycles. The maximum atomic E-state index is 12.3. The molecule has 1 aromatic rings. The molecular formula is C12H20N6O. The molecule has 104 valence electrons. The predicted molar refractivity (Wildman–Crippen MR) is 70.5 cm³/mol. The molecule has 19 heavy (non-hydrogen) atoms. The van der Waals surface area contributed by atoms with E-state index in [2.05, 4.69) is 20.1 Å². The summed E-state index contributed by atoms with van der Waals surface area (Å²) in [6.07, 6.45) is 4.80. The fourth-order valence-electron chi connectivity index (χ4n) is 3.06. The number of nitrogen functional groups attached to an aromatic ring is 1. The fourth-order valence-corrected chi connectivity index (χ4v) is 3.06. The van der Waals surface area contributed by atoms with Crippen LogP contribution in [0.4, 0.5) is 5.95 Å². The zero-order chi connectivity index (χ0) is 13.2. The van der Waals surface area contributed by atoms with Gasteiger partial charge in [-0.25, -0.2) is 0 Å². The van der Waals surface area contributed by atoms with E-state index >= 15 is 0 Å². The first kappa shape index (κ1) is 12.4. The van der Waals surface area contributed by atoms with Crippen molar-refractivity contribution in [2.45, 2.75) is 31.7 Å². The number of rotatable bonds is 2. The molecule has 0 aromatic carbocycles. The maximum Gasteiger partial charge on any atom is 0.291 e. The Balaban J connectivity index is 1.65. The highest BCUT2D eigenvalue weighted by molar-refractivity contribution is 5.90. The second kappa shape index (κ2) is 5.16. The van der Waals surface area contributed by atoms with Gasteiger partial charge in [0, 0.05) is 19.1 Å². The Morgan fingerprint density at radius 3 is 2.74 bits per heavy atom. The standard InChI is InChI=1S/C12H20N6O/c13-12-14-10(15-16-12)11(19)18-7-3-4-9(8-18)17-5-1-2-6-17/h9H,1-8H2,(H3,13,14,15,16). The number of nitrogens with one attached hydrogen (secondary N) is 1. The van der Waals surface area contributed by atoms with Crippen molar-refractivity contribution in [1.29, 1.82) is 0 Å². The van der Waals surface area contributed by atoms with E-state index in [1.807, 2.05) is 4.90 Å². The minimum absolute atomic E-state index is 0.0897. The minimum Gasteiger partial charge on any atom is -0.366 e. The van der Waals surface area contributed by atoms with E-state index in [-0.39, 0.29) is 17.7 Å². The summed E-state index contributed by atoms with van der Waals surface area (Å²) in [4.78, 5) is 20.6. The van der Waals surface area contributed by atoms with Crippen molar-refractivity contribution >= 4 is 11.9 Å². The summed E-state index contributed by atoms with van der Waals surface area (Å²) in [6.45, 7) is 3.92. The van der Waals surface area contributed by atoms with Gasteiger partial charge in [0.1, 0.15) is 0 Å². The Labute approximate surface area is 112 Å². The molecule has 0 saturated carbocycles. The number of amides is 1. The molecule has 1 aromatic heterocycles. The molecule has 0 radical (unpaired) electrons. The zero-order valence-electron chi connectivity index (χ0n) is 11.0. The van der Waals surface area contributed by atoms with Crippen LogP contribution in [0.25, 0.3) is 0 Å². The summed E-state index contributed by atoms with van der Waals surface area (Å²) < 4.78 is 0. The van der Waals surface area contributed by atoms with Crippen LogP contribution in [-0.2, 0) is 0 Å². The van der Waals surface area contributed by atoms with Crippen LogP contribution in [0, 0.1) is 0 Å². The van der Waals surface area contributed by atoms with Gasteiger partial charge >= 0.3 is 0 Å². The number of piperidine rings is 1. The number of likely N-dealkylation sites (tertiary alicyclic amines) is 2. The number of hydrogen-bond donors (Lipinski definition) is 2. The summed E-state index contributed by atoms with van der Waals surface area (Å²) in [5.74, 6) is 0.282. The summed E-state index contributed by atoms with van der Waals surface area (Å²) in [6, 6.07) is 0.500. The van der Waals surface area contributed by atoms with Crippen molar-refractivity contribution in [2.24, 2.45) is 0 Å². The van der Waals surface area contributed by atoms with Crippen molar-refractivity contribution < 1.29 is 4.79 Å². The van der Waals surface area contributed by atoms with Gasteiger partial charge in [-0.3, -0.25) is 14.8 Å². The average molecular weight is 264 g/mol. The number of carbonyl (C=O) groups is 1. The molecule has 1 atom stereocenters. The van der Waals surface area contributed by atoms with Crippen LogP contribution < -0.4 is 5.73 Å². The number of anilines is 1. The number of carbonyl (C=O) groups excluding carboxylic acids is 1. The minimum atomic E-state index is -0.0897. The second-order valence-corrected chi connectivity index (χ2v) is 5.33. The normalized spacial score (nSPS) is 24.8. The summed E-state index contributed by atoms with van der Waals surface area (Å²) in [7, 11) is 0. The maximum absolute atomic E-state index is 12.3. The number of H-pyrrole nitrogens is 1. The number of nitrogens with zero attached hydrogens (tertiary/aromatic N) is 4. The third-order valence-electron chi connectivity index (χ3n) is 4.05. The first-order valence-electron chi connectivity index (χ1n) is 6.95. The Morgan fingerprint density at radius 1 is 1.26 bits per heavy atom. The molecule has 0 aliphatic carbocycles. The van der Waals surface area contributed by atoms with E-state index in [0.717, 1.165) is 19.5 Å². The molecule has 0 bridgehead atoms. The van der Waals surface area contributed by atoms with Crippen LogP contribution in [0.1, 0.15) is 36.3 Å². The quantitative estimate of drug-likeness (QED) is 0.790. The van der Waals surface area contributed by atoms with E-state index in [0.29, 0.717) is 6.04 Å². The molecule has 2 fully saturated rings. The van der Waals surface area contributed by atoms with Crippen LogP contribution in [0.2, 0.25) is 0 Å². The van der Waals surface area contributed by atoms with E-state index < -0.39 is 0 Å². The van der Waals surface area contributed by atoms with E-state index in [9.17, 15) is 4.79 Å². The molecule has 2 aliphatic rings. The Morgan fingerprint density at radius 2 is 2.05 bits per heavy atom. The van der Waals surface area contributed by atoms with Crippen molar-refractivity contribution in [3.8, 4) is 0 Å². The SMILES string of the molecule is Nc1n[nH]c(C(=O)N2CCCC(N3CCCC3)C2)n1. The Hall–Kier alpha value is -1.63. The Kier molecular flexibility index (Phi) is 3.37. The van der Waals surface area contributed by atoms with Crippen molar-refractivity contribution in [2.75, 3.05) is 31.9 Å². The monoisotopic (exact) mass is 264 g/mol. The number of hydrogen-bond acceptors (Lipinski definition) is 5. The highest BCUT2D eigenvalue weighted by Gasteiger charge is 2.30. The molecule has 3 rings (SSSR count). The summed E-state index contributed by atoms with van der Waals surface area (Å²) >= 11 is 0. The predicted octanol–water partition coefficient (Wildman–Crippen LogP) is 0.0873. The Bertz CT molecular complexity index is 453. The van der Waals surface area contributed by atoms with Gasteiger partial charge in [0.25, 0.3) is 5.91 Å². The fraction of sp³-hybridized carbons (Fsp3) is 0.750. The van der Waals surface area contributed by atoms with Crippen molar-refractivity contribution in [3.63, 3.8) is 0 Å². The number of aromatic nitrogens is 3. The molecule has 3 N–H and O–H groups in total. The van der Waals surface area contributed by atoms with Crippen LogP contribution in [0.3, 0.4) is 0 Å². The van der Waals surface area contributed by atoms with Crippen molar-refractivity contribution in [3.05, 3.63) is 5.82 Å². The smallest absolute Gasteiger partial charge is 0.291 e. The topological polar surface area (TPSA) is 91.1 Å². The van der Waals surface area contributed by atoms with Gasteiger partial charge in [-0.15, -0.1) is 5.10 Å². The first-order valence-corrected chi connectivity index (χ1v) is 6.95. The van der Waals surface area contributed by atoms with Crippen LogP contribution in [-0.4, -0.2) is 63.1 Å². The summed E-state index contributed by atoms with van der Waals surface area (Å²) in [5, 5.41) is 6.31. The average Bonchev–Trinajstić information content (AvgIpc) is 3.09. The largest absolute Gasteiger partial charge is 0.366 e. The lowest BCUT2D eigenvalue weighted by atomic mass is 10.0. The molecule has 7 heteroatoms. The lowest BCUT2D eigenvalue weighted by molar-refractivity contribution is 0.0596. The van der Waals surface area contributed by atoms with Gasteiger partial charge in [-0.1, -0.05) is 0 Å². The van der Waals surface area contributed by atoms with E-state index in [1.54, 1.807) is 0 Å².